The van der Waals surface area contributed by atoms with Crippen molar-refractivity contribution in [3.8, 4) is 23.3 Å². The quantitative estimate of drug-likeness (QED) is 0.478. The van der Waals surface area contributed by atoms with Crippen LogP contribution >= 0.6 is 0 Å². The van der Waals surface area contributed by atoms with Crippen LogP contribution in [0.5, 0.6) is 17.2 Å². The number of pyridine rings is 1. The van der Waals surface area contributed by atoms with Gasteiger partial charge in [0.2, 0.25) is 0 Å². The van der Waals surface area contributed by atoms with E-state index in [0.29, 0.717) is 6.07 Å². The van der Waals surface area contributed by atoms with Crippen LogP contribution in [0.25, 0.3) is 0 Å². The molecule has 1 aliphatic rings. The summed E-state index contributed by atoms with van der Waals surface area (Å²) in [5, 5.41) is 13.3. The first-order valence-corrected chi connectivity index (χ1v) is 9.25. The SMILES string of the molecule is N#Cc1cc(Oc2ccc(NC(=O)Nc3ccc4c(c3)C(F)(F)OC(F)(F)O4)cc2F)ccn1. The van der Waals surface area contributed by atoms with Crippen LogP contribution in [0.2, 0.25) is 0 Å². The molecule has 0 saturated carbocycles. The number of halogens is 5. The number of aromatic nitrogens is 1. The van der Waals surface area contributed by atoms with Crippen LogP contribution in [0.4, 0.5) is 38.1 Å². The van der Waals surface area contributed by atoms with E-state index in [0.717, 1.165) is 18.2 Å². The molecule has 2 aromatic carbocycles. The average molecular weight is 478 g/mol. The second kappa shape index (κ2) is 8.49. The molecule has 34 heavy (non-hydrogen) atoms. The number of carbonyl (C=O) groups is 1. The van der Waals surface area contributed by atoms with Gasteiger partial charge in [-0.25, -0.2) is 18.9 Å². The number of fused-ring (bicyclic) bond motifs is 1. The molecule has 0 spiro atoms. The van der Waals surface area contributed by atoms with Gasteiger partial charge < -0.3 is 20.1 Å². The van der Waals surface area contributed by atoms with Crippen molar-refractivity contribution in [2.75, 3.05) is 10.6 Å². The fraction of sp³-hybridized carbons (Fsp3) is 0.0952. The lowest BCUT2D eigenvalue weighted by Crippen LogP contribution is -2.41. The van der Waals surface area contributed by atoms with Gasteiger partial charge in [0, 0.05) is 29.7 Å². The first-order valence-electron chi connectivity index (χ1n) is 9.25. The highest BCUT2D eigenvalue weighted by atomic mass is 19.3. The Balaban J connectivity index is 1.44. The molecule has 0 radical (unpaired) electrons. The molecule has 4 rings (SSSR count). The number of nitriles is 1. The van der Waals surface area contributed by atoms with E-state index in [1.165, 1.54) is 30.5 Å². The molecule has 0 aliphatic carbocycles. The van der Waals surface area contributed by atoms with E-state index >= 15 is 0 Å². The summed E-state index contributed by atoms with van der Waals surface area (Å²) < 4.78 is 81.0. The Morgan fingerprint density at radius 1 is 1.03 bits per heavy atom. The highest BCUT2D eigenvalue weighted by molar-refractivity contribution is 5.99. The van der Waals surface area contributed by atoms with E-state index in [4.69, 9.17) is 10.00 Å². The Labute approximate surface area is 187 Å². The topological polar surface area (TPSA) is 106 Å². The first kappa shape index (κ1) is 22.7. The zero-order chi connectivity index (χ0) is 24.5. The van der Waals surface area contributed by atoms with Crippen LogP contribution in [0.1, 0.15) is 11.3 Å². The normalized spacial score (nSPS) is 15.3. The second-order valence-corrected chi connectivity index (χ2v) is 6.71. The molecular weight excluding hydrogens is 467 g/mol. The van der Waals surface area contributed by atoms with Crippen LogP contribution in [-0.2, 0) is 10.8 Å². The number of carbonyl (C=O) groups excluding carboxylic acids is 1. The number of hydrogen-bond donors (Lipinski definition) is 2. The van der Waals surface area contributed by atoms with Crippen molar-refractivity contribution in [3.63, 3.8) is 0 Å². The number of benzene rings is 2. The summed E-state index contributed by atoms with van der Waals surface area (Å²) in [7, 11) is 0. The van der Waals surface area contributed by atoms with Crippen molar-refractivity contribution in [2.45, 2.75) is 12.4 Å². The van der Waals surface area contributed by atoms with Gasteiger partial charge in [-0.3, -0.25) is 0 Å². The molecule has 2 amide bonds. The number of nitrogens with zero attached hydrogens (tertiary/aromatic N) is 2. The number of amides is 2. The predicted molar refractivity (Wildman–Crippen MR) is 105 cm³/mol. The van der Waals surface area contributed by atoms with Gasteiger partial charge in [0.15, 0.2) is 11.6 Å². The lowest BCUT2D eigenvalue weighted by molar-refractivity contribution is -0.461. The first-order chi connectivity index (χ1) is 16.0. The molecule has 0 bridgehead atoms. The van der Waals surface area contributed by atoms with Gasteiger partial charge in [-0.05, 0) is 36.4 Å². The number of rotatable bonds is 4. The summed E-state index contributed by atoms with van der Waals surface area (Å²) >= 11 is 0. The van der Waals surface area contributed by atoms with E-state index in [-0.39, 0.29) is 28.6 Å². The maximum Gasteiger partial charge on any atom is 0.540 e. The highest BCUT2D eigenvalue weighted by Gasteiger charge is 2.54. The summed E-state index contributed by atoms with van der Waals surface area (Å²) in [5.41, 5.74) is -1.15. The molecule has 174 valence electrons. The van der Waals surface area contributed by atoms with Gasteiger partial charge in [0.25, 0.3) is 0 Å². The molecule has 0 atom stereocenters. The molecule has 0 unspecified atom stereocenters. The molecule has 2 heterocycles. The van der Waals surface area contributed by atoms with Crippen molar-refractivity contribution in [1.82, 2.24) is 4.98 Å². The van der Waals surface area contributed by atoms with E-state index in [2.05, 4.69) is 25.1 Å². The fourth-order valence-corrected chi connectivity index (χ4v) is 2.89. The lowest BCUT2D eigenvalue weighted by Gasteiger charge is -2.30. The number of nitrogens with one attached hydrogen (secondary N) is 2. The van der Waals surface area contributed by atoms with Crippen molar-refractivity contribution in [1.29, 1.82) is 5.26 Å². The molecule has 2 N–H and O–H groups in total. The Kier molecular flexibility index (Phi) is 5.68. The van der Waals surface area contributed by atoms with Crippen LogP contribution in [-0.4, -0.2) is 17.3 Å². The van der Waals surface area contributed by atoms with Crippen molar-refractivity contribution >= 4 is 17.4 Å². The maximum atomic E-state index is 14.4. The molecule has 0 fully saturated rings. The number of hydrogen-bond acceptors (Lipinski definition) is 6. The van der Waals surface area contributed by atoms with Crippen LogP contribution < -0.4 is 20.1 Å². The molecule has 13 heteroatoms. The fourth-order valence-electron chi connectivity index (χ4n) is 2.89. The van der Waals surface area contributed by atoms with Crippen LogP contribution in [0.3, 0.4) is 0 Å². The van der Waals surface area contributed by atoms with Crippen LogP contribution in [0.15, 0.2) is 54.7 Å². The minimum atomic E-state index is -4.52. The smallest absolute Gasteiger partial charge is 0.454 e. The van der Waals surface area contributed by atoms with E-state index in [9.17, 15) is 26.7 Å². The Bertz CT molecular complexity index is 1310. The Hall–Kier alpha value is -4.44. The molecule has 1 aliphatic heterocycles. The van der Waals surface area contributed by atoms with Crippen LogP contribution in [0, 0.1) is 17.1 Å². The largest absolute Gasteiger partial charge is 0.540 e. The zero-order valence-electron chi connectivity index (χ0n) is 16.6. The summed E-state index contributed by atoms with van der Waals surface area (Å²) in [5.74, 6) is -1.70. The van der Waals surface area contributed by atoms with Gasteiger partial charge in [-0.15, -0.1) is 8.78 Å². The molecule has 1 aromatic heterocycles. The van der Waals surface area contributed by atoms with Gasteiger partial charge in [0.05, 0.1) is 5.56 Å². The minimum absolute atomic E-state index is 0.00982. The second-order valence-electron chi connectivity index (χ2n) is 6.71. The van der Waals surface area contributed by atoms with Gasteiger partial charge in [0.1, 0.15) is 23.3 Å². The Morgan fingerprint density at radius 2 is 1.74 bits per heavy atom. The van der Waals surface area contributed by atoms with Crippen molar-refractivity contribution < 1.29 is 41.0 Å². The summed E-state index contributed by atoms with van der Waals surface area (Å²) in [6.45, 7) is 0. The summed E-state index contributed by atoms with van der Waals surface area (Å²) in [6.07, 6.45) is -7.57. The minimum Gasteiger partial charge on any atom is -0.454 e. The lowest BCUT2D eigenvalue weighted by atomic mass is 10.1. The third-order valence-electron chi connectivity index (χ3n) is 4.29. The van der Waals surface area contributed by atoms with E-state index in [1.54, 1.807) is 0 Å². The third kappa shape index (κ3) is 4.97. The number of urea groups is 1. The molecule has 8 nitrogen and oxygen atoms in total. The molecule has 0 saturated heterocycles. The summed E-state index contributed by atoms with van der Waals surface area (Å²) in [4.78, 5) is 16.0. The predicted octanol–water partition coefficient (Wildman–Crippen LogP) is 5.54. The standard InChI is InChI=1S/C21H11F5N4O4/c22-16-9-12(2-4-18(16)32-14-5-6-28-13(7-14)10-27)30-19(31)29-11-1-3-17-15(8-11)20(23,24)34-21(25,26)33-17/h1-9H,(H2,29,30,31). The maximum absolute atomic E-state index is 14.4. The molecular formula is C21H11F5N4O4. The average Bonchev–Trinajstić information content (AvgIpc) is 2.75. The monoisotopic (exact) mass is 478 g/mol. The highest BCUT2D eigenvalue weighted by Crippen LogP contribution is 2.46. The van der Waals surface area contributed by atoms with E-state index < -0.39 is 35.6 Å². The zero-order valence-corrected chi connectivity index (χ0v) is 16.6. The Morgan fingerprint density at radius 3 is 2.44 bits per heavy atom. The molecule has 3 aromatic rings. The number of alkyl halides is 4. The van der Waals surface area contributed by atoms with Gasteiger partial charge in [-0.2, -0.15) is 14.0 Å². The van der Waals surface area contributed by atoms with Crippen molar-refractivity contribution in [3.05, 3.63) is 71.8 Å². The summed E-state index contributed by atoms with van der Waals surface area (Å²) in [6, 6.07) is 9.62. The van der Waals surface area contributed by atoms with Crippen molar-refractivity contribution in [2.24, 2.45) is 0 Å². The van der Waals surface area contributed by atoms with Gasteiger partial charge in [-0.1, -0.05) is 0 Å². The number of anilines is 2. The third-order valence-corrected chi connectivity index (χ3v) is 4.29. The van der Waals surface area contributed by atoms with E-state index in [1.807, 2.05) is 6.07 Å². The number of ether oxygens (including phenoxy) is 3. The van der Waals surface area contributed by atoms with Gasteiger partial charge >= 0.3 is 18.4 Å².